The van der Waals surface area contributed by atoms with Gasteiger partial charge in [-0.2, -0.15) is 0 Å². The lowest BCUT2D eigenvalue weighted by Crippen LogP contribution is -2.07. The number of methoxy groups -OCH3 is 1. The summed E-state index contributed by atoms with van der Waals surface area (Å²) in [6.07, 6.45) is 0. The van der Waals surface area contributed by atoms with E-state index in [9.17, 15) is 0 Å². The molecular weight excluding hydrogens is 314 g/mol. The second-order valence-electron chi connectivity index (χ2n) is 5.17. The summed E-state index contributed by atoms with van der Waals surface area (Å²) >= 11 is 3.50. The molecule has 3 heteroatoms. The molecule has 0 aliphatic heterocycles. The molecule has 1 atom stereocenters. The lowest BCUT2D eigenvalue weighted by Gasteiger charge is -2.18. The molecule has 2 aromatic rings. The highest BCUT2D eigenvalue weighted by Crippen LogP contribution is 2.28. The number of halogens is 1. The van der Waals surface area contributed by atoms with Crippen LogP contribution in [0.2, 0.25) is 0 Å². The maximum Gasteiger partial charge on any atom is 0.122 e. The van der Waals surface area contributed by atoms with E-state index in [1.54, 1.807) is 7.11 Å². The van der Waals surface area contributed by atoms with Gasteiger partial charge in [0.1, 0.15) is 5.75 Å². The van der Waals surface area contributed by atoms with Gasteiger partial charge in [0.25, 0.3) is 0 Å². The van der Waals surface area contributed by atoms with E-state index < -0.39 is 0 Å². The van der Waals surface area contributed by atoms with E-state index in [0.717, 1.165) is 15.9 Å². The van der Waals surface area contributed by atoms with Gasteiger partial charge in [0.05, 0.1) is 7.11 Å². The van der Waals surface area contributed by atoms with Crippen LogP contribution in [0.4, 0.5) is 5.69 Å². The van der Waals surface area contributed by atoms with Crippen molar-refractivity contribution >= 4 is 21.6 Å². The molecule has 0 radical (unpaired) electrons. The molecule has 20 heavy (non-hydrogen) atoms. The van der Waals surface area contributed by atoms with Crippen molar-refractivity contribution < 1.29 is 4.74 Å². The average Bonchev–Trinajstić information content (AvgIpc) is 2.36. The largest absolute Gasteiger partial charge is 0.497 e. The number of nitrogens with one attached hydrogen (secondary N) is 1. The SMILES string of the molecule is COc1cc(Br)cc(NC(C)c2cc(C)cc(C)c2)c1. The standard InChI is InChI=1S/C17H20BrNO/c1-11-5-12(2)7-14(6-11)13(3)19-16-8-15(18)9-17(10-16)20-4/h5-10,13,19H,1-4H3. The lowest BCUT2D eigenvalue weighted by atomic mass is 10.0. The van der Waals surface area contributed by atoms with Gasteiger partial charge in [0.2, 0.25) is 0 Å². The van der Waals surface area contributed by atoms with Crippen LogP contribution in [0.5, 0.6) is 5.75 Å². The quantitative estimate of drug-likeness (QED) is 0.825. The van der Waals surface area contributed by atoms with Gasteiger partial charge in [-0.05, 0) is 38.5 Å². The van der Waals surface area contributed by atoms with Crippen molar-refractivity contribution in [3.8, 4) is 5.75 Å². The molecule has 0 aliphatic carbocycles. The molecule has 106 valence electrons. The lowest BCUT2D eigenvalue weighted by molar-refractivity contribution is 0.414. The predicted molar refractivity (Wildman–Crippen MR) is 88.6 cm³/mol. The van der Waals surface area contributed by atoms with Gasteiger partial charge in [-0.3, -0.25) is 0 Å². The number of rotatable bonds is 4. The molecule has 0 amide bonds. The molecule has 0 aromatic heterocycles. The summed E-state index contributed by atoms with van der Waals surface area (Å²) in [5, 5.41) is 3.52. The summed E-state index contributed by atoms with van der Waals surface area (Å²) in [7, 11) is 1.68. The molecule has 0 spiro atoms. The molecule has 0 saturated heterocycles. The highest BCUT2D eigenvalue weighted by molar-refractivity contribution is 9.10. The van der Waals surface area contributed by atoms with Gasteiger partial charge in [0.15, 0.2) is 0 Å². The second-order valence-corrected chi connectivity index (χ2v) is 6.08. The van der Waals surface area contributed by atoms with E-state index in [-0.39, 0.29) is 6.04 Å². The Morgan fingerprint density at radius 2 is 1.65 bits per heavy atom. The summed E-state index contributed by atoms with van der Waals surface area (Å²) < 4.78 is 6.30. The maximum atomic E-state index is 5.29. The van der Waals surface area contributed by atoms with Crippen molar-refractivity contribution in [3.05, 3.63) is 57.6 Å². The van der Waals surface area contributed by atoms with Crippen molar-refractivity contribution in [2.75, 3.05) is 12.4 Å². The molecule has 1 unspecified atom stereocenters. The molecule has 0 aliphatic rings. The van der Waals surface area contributed by atoms with Gasteiger partial charge in [-0.25, -0.2) is 0 Å². The predicted octanol–water partition coefficient (Wildman–Crippen LogP) is 5.25. The number of anilines is 1. The molecule has 0 fully saturated rings. The van der Waals surface area contributed by atoms with Crippen molar-refractivity contribution in [1.29, 1.82) is 0 Å². The van der Waals surface area contributed by atoms with Crippen molar-refractivity contribution in [2.24, 2.45) is 0 Å². The number of hydrogen-bond acceptors (Lipinski definition) is 2. The minimum atomic E-state index is 0.243. The molecule has 0 saturated carbocycles. The minimum absolute atomic E-state index is 0.243. The molecule has 0 bridgehead atoms. The fourth-order valence-electron chi connectivity index (χ4n) is 2.36. The topological polar surface area (TPSA) is 21.3 Å². The van der Waals surface area contributed by atoms with Gasteiger partial charge in [0, 0.05) is 22.3 Å². The van der Waals surface area contributed by atoms with E-state index in [4.69, 9.17) is 4.74 Å². The second kappa shape index (κ2) is 6.31. The third-order valence-electron chi connectivity index (χ3n) is 3.23. The van der Waals surface area contributed by atoms with E-state index in [1.165, 1.54) is 16.7 Å². The highest BCUT2D eigenvalue weighted by Gasteiger charge is 2.08. The third kappa shape index (κ3) is 3.76. The molecule has 1 N–H and O–H groups in total. The fourth-order valence-corrected chi connectivity index (χ4v) is 2.83. The van der Waals surface area contributed by atoms with E-state index >= 15 is 0 Å². The van der Waals surface area contributed by atoms with Crippen molar-refractivity contribution in [1.82, 2.24) is 0 Å². The van der Waals surface area contributed by atoms with Crippen molar-refractivity contribution in [2.45, 2.75) is 26.8 Å². The monoisotopic (exact) mass is 333 g/mol. The van der Waals surface area contributed by atoms with Crippen LogP contribution < -0.4 is 10.1 Å². The van der Waals surface area contributed by atoms with Crippen LogP contribution in [0.3, 0.4) is 0 Å². The number of hydrogen-bond donors (Lipinski definition) is 1. The average molecular weight is 334 g/mol. The first kappa shape index (κ1) is 14.9. The van der Waals surface area contributed by atoms with Crippen LogP contribution in [0.15, 0.2) is 40.9 Å². The molecule has 0 heterocycles. The van der Waals surface area contributed by atoms with Crippen LogP contribution in [0.25, 0.3) is 0 Å². The smallest absolute Gasteiger partial charge is 0.122 e. The van der Waals surface area contributed by atoms with E-state index in [1.807, 2.05) is 12.1 Å². The van der Waals surface area contributed by atoms with Gasteiger partial charge >= 0.3 is 0 Å². The van der Waals surface area contributed by atoms with Crippen LogP contribution in [0, 0.1) is 13.8 Å². The third-order valence-corrected chi connectivity index (χ3v) is 3.69. The zero-order valence-corrected chi connectivity index (χ0v) is 13.9. The Labute approximate surface area is 129 Å². The zero-order valence-electron chi connectivity index (χ0n) is 12.3. The summed E-state index contributed by atoms with van der Waals surface area (Å²) in [6, 6.07) is 12.9. The van der Waals surface area contributed by atoms with Crippen LogP contribution in [0.1, 0.15) is 29.7 Å². The Kier molecular flexibility index (Phi) is 4.71. The fraction of sp³-hybridized carbons (Fsp3) is 0.294. The summed E-state index contributed by atoms with van der Waals surface area (Å²) in [5.74, 6) is 0.842. The van der Waals surface area contributed by atoms with Gasteiger partial charge < -0.3 is 10.1 Å². The summed E-state index contributed by atoms with van der Waals surface area (Å²) in [5.41, 5.74) is 4.92. The number of aryl methyl sites for hydroxylation is 2. The van der Waals surface area contributed by atoms with Crippen LogP contribution in [-0.4, -0.2) is 7.11 Å². The Hall–Kier alpha value is -1.48. The number of ether oxygens (including phenoxy) is 1. The Balaban J connectivity index is 2.22. The normalized spacial score (nSPS) is 12.1. The van der Waals surface area contributed by atoms with Crippen LogP contribution in [-0.2, 0) is 0 Å². The van der Waals surface area contributed by atoms with E-state index in [0.29, 0.717) is 0 Å². The Morgan fingerprint density at radius 3 is 2.25 bits per heavy atom. The van der Waals surface area contributed by atoms with Crippen LogP contribution >= 0.6 is 15.9 Å². The highest BCUT2D eigenvalue weighted by atomic mass is 79.9. The molecule has 2 rings (SSSR count). The molecule has 2 aromatic carbocycles. The molecular formula is C17H20BrNO. The minimum Gasteiger partial charge on any atom is -0.497 e. The van der Waals surface area contributed by atoms with Gasteiger partial charge in [-0.15, -0.1) is 0 Å². The first-order valence-electron chi connectivity index (χ1n) is 6.67. The maximum absolute atomic E-state index is 5.29. The van der Waals surface area contributed by atoms with Crippen molar-refractivity contribution in [3.63, 3.8) is 0 Å². The number of benzene rings is 2. The Bertz CT molecular complexity index is 590. The molecule has 2 nitrogen and oxygen atoms in total. The Morgan fingerprint density at radius 1 is 1.00 bits per heavy atom. The summed E-state index contributed by atoms with van der Waals surface area (Å²) in [4.78, 5) is 0. The summed E-state index contributed by atoms with van der Waals surface area (Å²) in [6.45, 7) is 6.43. The first-order valence-corrected chi connectivity index (χ1v) is 7.46. The van der Waals surface area contributed by atoms with E-state index in [2.05, 4.69) is 66.3 Å². The first-order chi connectivity index (χ1) is 9.47. The van der Waals surface area contributed by atoms with Gasteiger partial charge in [-0.1, -0.05) is 45.3 Å². The zero-order chi connectivity index (χ0) is 14.7.